The minimum atomic E-state index is -0.0122. The van der Waals surface area contributed by atoms with Crippen molar-refractivity contribution in [3.63, 3.8) is 0 Å². The highest BCUT2D eigenvalue weighted by Crippen LogP contribution is 2.34. The first kappa shape index (κ1) is 23.0. The van der Waals surface area contributed by atoms with E-state index in [-0.39, 0.29) is 17.7 Å². The van der Waals surface area contributed by atoms with Crippen molar-refractivity contribution >= 4 is 5.91 Å². The maximum absolute atomic E-state index is 12.7. The molecule has 2 atom stereocenters. The van der Waals surface area contributed by atoms with Gasteiger partial charge in [-0.3, -0.25) is 14.6 Å². The lowest BCUT2D eigenvalue weighted by atomic mass is 9.93. The molecule has 1 heterocycles. The fraction of sp³-hybridized carbons (Fsp3) is 0.385. The first-order valence-electron chi connectivity index (χ1n) is 11.1. The number of benzene rings is 2. The van der Waals surface area contributed by atoms with Crippen LogP contribution in [0.3, 0.4) is 0 Å². The molecule has 1 radical (unpaired) electrons. The van der Waals surface area contributed by atoms with Crippen LogP contribution in [0.4, 0.5) is 0 Å². The number of hydrogen-bond acceptors (Lipinski definition) is 4. The Morgan fingerprint density at radius 2 is 1.90 bits per heavy atom. The quantitative estimate of drug-likeness (QED) is 0.646. The summed E-state index contributed by atoms with van der Waals surface area (Å²) in [6.45, 7) is 16.3. The summed E-state index contributed by atoms with van der Waals surface area (Å²) in [5, 5.41) is 10.1. The van der Waals surface area contributed by atoms with Crippen LogP contribution >= 0.6 is 0 Å². The van der Waals surface area contributed by atoms with Crippen LogP contribution in [-0.4, -0.2) is 64.5 Å². The fourth-order valence-electron chi connectivity index (χ4n) is 4.35. The van der Waals surface area contributed by atoms with Crippen molar-refractivity contribution < 1.29 is 9.90 Å². The van der Waals surface area contributed by atoms with E-state index in [0.717, 1.165) is 30.8 Å². The Morgan fingerprint density at radius 3 is 2.48 bits per heavy atom. The molecular formula is C26H34N3O2. The van der Waals surface area contributed by atoms with Crippen LogP contribution in [0.15, 0.2) is 61.2 Å². The van der Waals surface area contributed by atoms with Gasteiger partial charge in [0, 0.05) is 50.9 Å². The third-order valence-electron chi connectivity index (χ3n) is 6.02. The zero-order chi connectivity index (χ0) is 22.4. The zero-order valence-corrected chi connectivity index (χ0v) is 18.9. The molecule has 0 aliphatic carbocycles. The Labute approximate surface area is 186 Å². The molecule has 5 nitrogen and oxygen atoms in total. The van der Waals surface area contributed by atoms with Gasteiger partial charge in [-0.05, 0) is 56.2 Å². The lowest BCUT2D eigenvalue weighted by Gasteiger charge is -2.44. The van der Waals surface area contributed by atoms with E-state index < -0.39 is 0 Å². The number of piperazine rings is 1. The molecule has 2 aromatic carbocycles. The molecule has 1 amide bonds. The van der Waals surface area contributed by atoms with Gasteiger partial charge in [0.2, 0.25) is 0 Å². The summed E-state index contributed by atoms with van der Waals surface area (Å²) in [4.78, 5) is 19.3. The number of nitrogens with zero attached hydrogens (tertiary/aromatic N) is 3. The molecule has 1 aliphatic rings. The largest absolute Gasteiger partial charge is 0.508 e. The van der Waals surface area contributed by atoms with Crippen LogP contribution < -0.4 is 0 Å². The van der Waals surface area contributed by atoms with E-state index in [1.54, 1.807) is 6.07 Å². The number of carbonyl (C=O) groups excluding carboxylic acids is 1. The molecule has 0 saturated carbocycles. The third kappa shape index (κ3) is 5.35. The predicted octanol–water partition coefficient (Wildman–Crippen LogP) is 4.32. The first-order valence-corrected chi connectivity index (χ1v) is 11.1. The monoisotopic (exact) mass is 420 g/mol. The Hall–Kier alpha value is -2.63. The summed E-state index contributed by atoms with van der Waals surface area (Å²) in [5.41, 5.74) is 2.86. The average Bonchev–Trinajstić information content (AvgIpc) is 2.77. The van der Waals surface area contributed by atoms with Crippen LogP contribution in [-0.2, 0) is 0 Å². The Morgan fingerprint density at radius 1 is 1.19 bits per heavy atom. The van der Waals surface area contributed by atoms with E-state index in [1.165, 1.54) is 0 Å². The molecule has 0 bridgehead atoms. The van der Waals surface area contributed by atoms with E-state index in [2.05, 4.69) is 35.9 Å². The number of hydrogen-bond donors (Lipinski definition) is 1. The van der Waals surface area contributed by atoms with Crippen LogP contribution in [0.25, 0.3) is 0 Å². The Kier molecular flexibility index (Phi) is 7.88. The van der Waals surface area contributed by atoms with E-state index in [1.807, 2.05) is 61.2 Å². The van der Waals surface area contributed by atoms with Gasteiger partial charge in [-0.25, -0.2) is 0 Å². The summed E-state index contributed by atoms with van der Waals surface area (Å²) < 4.78 is 0. The minimum Gasteiger partial charge on any atom is -0.508 e. The molecule has 0 spiro atoms. The van der Waals surface area contributed by atoms with Crippen molar-refractivity contribution in [2.45, 2.75) is 32.9 Å². The molecule has 165 valence electrons. The molecular weight excluding hydrogens is 386 g/mol. The normalized spacial score (nSPS) is 18.5. The standard InChI is InChI=1S/C26H34N3O2/c1-5-15-27-16-17-29(20(4)19-27)25(23-9-8-10-24(30)18-23)21-11-13-22(14-12-21)26(31)28(6-2)7-3/h5,8-14,16,18,20,25,30H,1,6-7,15,17,19H2,2-4H3/t20-,25+/m0/s1. The topological polar surface area (TPSA) is 47.0 Å². The number of aromatic hydroxyl groups is 1. The van der Waals surface area contributed by atoms with Crippen molar-refractivity contribution in [1.29, 1.82) is 0 Å². The summed E-state index contributed by atoms with van der Waals surface area (Å²) in [6.07, 6.45) is 1.93. The zero-order valence-electron chi connectivity index (χ0n) is 18.9. The maximum atomic E-state index is 12.7. The van der Waals surface area contributed by atoms with Gasteiger partial charge >= 0.3 is 0 Å². The molecule has 0 unspecified atom stereocenters. The number of carbonyl (C=O) groups is 1. The van der Waals surface area contributed by atoms with Gasteiger partial charge in [0.05, 0.1) is 6.04 Å². The van der Waals surface area contributed by atoms with Gasteiger partial charge in [-0.15, -0.1) is 6.58 Å². The third-order valence-corrected chi connectivity index (χ3v) is 6.02. The summed E-state index contributed by atoms with van der Waals surface area (Å²) >= 11 is 0. The molecule has 1 aliphatic heterocycles. The second-order valence-electron chi connectivity index (χ2n) is 8.07. The molecule has 1 saturated heterocycles. The lowest BCUT2D eigenvalue weighted by Crippen LogP contribution is -2.50. The number of phenols is 1. The summed E-state index contributed by atoms with van der Waals surface area (Å²) in [7, 11) is 0. The van der Waals surface area contributed by atoms with Gasteiger partial charge < -0.3 is 10.0 Å². The Balaban J connectivity index is 1.92. The predicted molar refractivity (Wildman–Crippen MR) is 126 cm³/mol. The first-order chi connectivity index (χ1) is 15.0. The second kappa shape index (κ2) is 10.6. The van der Waals surface area contributed by atoms with Crippen molar-refractivity contribution in [2.75, 3.05) is 32.7 Å². The van der Waals surface area contributed by atoms with Crippen molar-refractivity contribution in [3.8, 4) is 5.75 Å². The smallest absolute Gasteiger partial charge is 0.253 e. The molecule has 3 rings (SSSR count). The van der Waals surface area contributed by atoms with Gasteiger partial charge in [-0.2, -0.15) is 0 Å². The number of phenolic OH excluding ortho intramolecular Hbond substituents is 1. The lowest BCUT2D eigenvalue weighted by molar-refractivity contribution is 0.0772. The molecule has 5 heteroatoms. The van der Waals surface area contributed by atoms with Crippen molar-refractivity contribution in [3.05, 3.63) is 84.4 Å². The van der Waals surface area contributed by atoms with E-state index in [4.69, 9.17) is 0 Å². The summed E-state index contributed by atoms with van der Waals surface area (Å²) in [5.74, 6) is 0.322. The van der Waals surface area contributed by atoms with Gasteiger partial charge in [0.25, 0.3) is 5.91 Å². The van der Waals surface area contributed by atoms with E-state index in [9.17, 15) is 9.90 Å². The fourth-order valence-corrected chi connectivity index (χ4v) is 4.35. The van der Waals surface area contributed by atoms with Crippen molar-refractivity contribution in [1.82, 2.24) is 14.7 Å². The van der Waals surface area contributed by atoms with E-state index in [0.29, 0.717) is 24.7 Å². The highest BCUT2D eigenvalue weighted by atomic mass is 16.3. The van der Waals surface area contributed by atoms with Crippen LogP contribution in [0.2, 0.25) is 0 Å². The Bertz CT molecular complexity index is 876. The summed E-state index contributed by atoms with van der Waals surface area (Å²) in [6, 6.07) is 15.7. The van der Waals surface area contributed by atoms with Gasteiger partial charge in [0.1, 0.15) is 5.75 Å². The molecule has 1 N–H and O–H groups in total. The molecule has 2 aromatic rings. The average molecular weight is 421 g/mol. The maximum Gasteiger partial charge on any atom is 0.253 e. The SMILES string of the molecule is C=CCN1[CH]CN([C@H](c2ccc(C(=O)N(CC)CC)cc2)c2cccc(O)c2)[C@@H](C)C1. The van der Waals surface area contributed by atoms with Crippen molar-refractivity contribution in [2.24, 2.45) is 0 Å². The number of rotatable bonds is 8. The second-order valence-corrected chi connectivity index (χ2v) is 8.07. The number of amides is 1. The minimum absolute atomic E-state index is 0.0122. The molecule has 31 heavy (non-hydrogen) atoms. The highest BCUT2D eigenvalue weighted by molar-refractivity contribution is 5.94. The highest BCUT2D eigenvalue weighted by Gasteiger charge is 2.31. The molecule has 1 fully saturated rings. The molecule has 0 aromatic heterocycles. The van der Waals surface area contributed by atoms with Gasteiger partial charge in [-0.1, -0.05) is 30.3 Å². The van der Waals surface area contributed by atoms with Crippen LogP contribution in [0.5, 0.6) is 5.75 Å². The van der Waals surface area contributed by atoms with Crippen LogP contribution in [0.1, 0.15) is 48.3 Å². The van der Waals surface area contributed by atoms with Gasteiger partial charge in [0.15, 0.2) is 0 Å². The van der Waals surface area contributed by atoms with Crippen LogP contribution in [0, 0.1) is 6.54 Å². The van der Waals surface area contributed by atoms with E-state index >= 15 is 0 Å².